The molecule has 49 heavy (non-hydrogen) atoms. The minimum atomic E-state index is -0.0882. The van der Waals surface area contributed by atoms with Crippen LogP contribution in [0, 0.1) is 0 Å². The number of benzene rings is 8. The molecule has 0 atom stereocenters. The van der Waals surface area contributed by atoms with Crippen molar-refractivity contribution in [2.75, 3.05) is 4.90 Å². The average molecular weight is 644 g/mol. The molecular formula is C47H33NS. The monoisotopic (exact) mass is 643 g/mol. The smallest absolute Gasteiger partial charge is 0.0543 e. The van der Waals surface area contributed by atoms with Crippen LogP contribution in [-0.2, 0) is 5.41 Å². The second-order valence-electron chi connectivity index (χ2n) is 13.8. The molecular weight excluding hydrogens is 611 g/mol. The van der Waals surface area contributed by atoms with Crippen molar-refractivity contribution in [3.05, 3.63) is 175 Å². The van der Waals surface area contributed by atoms with Crippen LogP contribution < -0.4 is 4.90 Å². The third-order valence-corrected chi connectivity index (χ3v) is 11.7. The first kappa shape index (κ1) is 28.3. The lowest BCUT2D eigenvalue weighted by Crippen LogP contribution is -2.16. The van der Waals surface area contributed by atoms with E-state index >= 15 is 0 Å². The van der Waals surface area contributed by atoms with E-state index in [1.807, 2.05) is 11.3 Å². The van der Waals surface area contributed by atoms with Gasteiger partial charge in [0, 0.05) is 42.5 Å². The van der Waals surface area contributed by atoms with Crippen LogP contribution in [0.15, 0.2) is 164 Å². The summed E-state index contributed by atoms with van der Waals surface area (Å²) in [5.74, 6) is 0. The largest absolute Gasteiger partial charge is 0.310 e. The van der Waals surface area contributed by atoms with E-state index in [1.165, 1.54) is 80.8 Å². The lowest BCUT2D eigenvalue weighted by Gasteiger charge is -2.29. The molecule has 1 heterocycles. The van der Waals surface area contributed by atoms with Crippen LogP contribution in [0.4, 0.5) is 17.1 Å². The number of hydrogen-bond donors (Lipinski definition) is 0. The highest BCUT2D eigenvalue weighted by Crippen LogP contribution is 2.54. The first-order valence-corrected chi connectivity index (χ1v) is 17.8. The number of fused-ring (bicyclic) bond motifs is 8. The molecule has 0 radical (unpaired) electrons. The van der Waals surface area contributed by atoms with Gasteiger partial charge in [-0.05, 0) is 104 Å². The van der Waals surface area contributed by atoms with Crippen LogP contribution in [0.3, 0.4) is 0 Å². The fourth-order valence-electron chi connectivity index (χ4n) is 8.13. The number of thiophene rings is 1. The van der Waals surface area contributed by atoms with E-state index < -0.39 is 0 Å². The number of nitrogens with zero attached hydrogens (tertiary/aromatic N) is 1. The van der Waals surface area contributed by atoms with Gasteiger partial charge in [0.15, 0.2) is 0 Å². The molecule has 0 N–H and O–H groups in total. The zero-order valence-electron chi connectivity index (χ0n) is 27.4. The maximum absolute atomic E-state index is 2.49. The van der Waals surface area contributed by atoms with Gasteiger partial charge < -0.3 is 4.90 Å². The Bertz CT molecular complexity index is 2770. The summed E-state index contributed by atoms with van der Waals surface area (Å²) in [7, 11) is 0. The van der Waals surface area contributed by atoms with Gasteiger partial charge >= 0.3 is 0 Å². The molecule has 0 spiro atoms. The van der Waals surface area contributed by atoms with Crippen molar-refractivity contribution in [3.63, 3.8) is 0 Å². The maximum Gasteiger partial charge on any atom is 0.0543 e. The van der Waals surface area contributed by atoms with E-state index in [2.05, 4.69) is 183 Å². The molecule has 10 rings (SSSR count). The Labute approximate surface area is 290 Å². The number of anilines is 3. The van der Waals surface area contributed by atoms with Gasteiger partial charge in [-0.25, -0.2) is 0 Å². The van der Waals surface area contributed by atoms with Crippen molar-refractivity contribution in [2.24, 2.45) is 0 Å². The van der Waals surface area contributed by atoms with Gasteiger partial charge in [0.1, 0.15) is 0 Å². The van der Waals surface area contributed by atoms with Gasteiger partial charge in [0.05, 0.1) is 5.69 Å². The van der Waals surface area contributed by atoms with Crippen LogP contribution >= 0.6 is 11.3 Å². The Morgan fingerprint density at radius 2 is 1.10 bits per heavy atom. The fourth-order valence-corrected chi connectivity index (χ4v) is 9.25. The zero-order chi connectivity index (χ0) is 32.7. The highest BCUT2D eigenvalue weighted by molar-refractivity contribution is 7.25. The summed E-state index contributed by atoms with van der Waals surface area (Å²) in [5.41, 5.74) is 11.2. The van der Waals surface area contributed by atoms with Crippen molar-refractivity contribution >= 4 is 70.1 Å². The standard InChI is InChI=1S/C47H33NS/c1-47(2)41-18-8-7-17-38(41)46-42(47)19-10-20-43(46)48(36-16-9-15-32(26-36)35-22-21-30-11-3-4-12-31(30)25-35)37-23-24-44-40(29-37)39-27-33-13-5-6-14-34(33)28-45(39)49-44/h3-29H,1-2H3. The van der Waals surface area contributed by atoms with E-state index in [4.69, 9.17) is 0 Å². The van der Waals surface area contributed by atoms with Crippen LogP contribution in [0.2, 0.25) is 0 Å². The summed E-state index contributed by atoms with van der Waals surface area (Å²) in [4.78, 5) is 2.49. The van der Waals surface area contributed by atoms with Crippen molar-refractivity contribution in [1.29, 1.82) is 0 Å². The first-order chi connectivity index (χ1) is 24.0. The molecule has 1 aliphatic carbocycles. The average Bonchev–Trinajstić information content (AvgIpc) is 3.61. The molecule has 1 nitrogen and oxygen atoms in total. The topological polar surface area (TPSA) is 3.24 Å². The number of rotatable bonds is 4. The van der Waals surface area contributed by atoms with Crippen molar-refractivity contribution < 1.29 is 0 Å². The SMILES string of the molecule is CC1(C)c2ccccc2-c2c(N(c3cccc(-c4ccc5ccccc5c4)c3)c3ccc4sc5cc6ccccc6cc5c4c3)cccc21. The maximum atomic E-state index is 2.49. The predicted molar refractivity (Wildman–Crippen MR) is 212 cm³/mol. The van der Waals surface area contributed by atoms with Crippen LogP contribution in [0.25, 0.3) is 64.0 Å². The molecule has 0 saturated carbocycles. The lowest BCUT2D eigenvalue weighted by molar-refractivity contribution is 0.660. The van der Waals surface area contributed by atoms with Crippen molar-refractivity contribution in [1.82, 2.24) is 0 Å². The van der Waals surface area contributed by atoms with Gasteiger partial charge in [0.25, 0.3) is 0 Å². The van der Waals surface area contributed by atoms with E-state index in [1.54, 1.807) is 0 Å². The third kappa shape index (κ3) is 4.38. The quantitative estimate of drug-likeness (QED) is 0.184. The molecule has 0 amide bonds. The normalized spacial score (nSPS) is 13.3. The molecule has 9 aromatic rings. The molecule has 1 aliphatic rings. The lowest BCUT2D eigenvalue weighted by atomic mass is 9.82. The zero-order valence-corrected chi connectivity index (χ0v) is 28.3. The summed E-state index contributed by atoms with van der Waals surface area (Å²) < 4.78 is 2.63. The molecule has 0 saturated heterocycles. The van der Waals surface area contributed by atoms with E-state index in [9.17, 15) is 0 Å². The summed E-state index contributed by atoms with van der Waals surface area (Å²) in [6.07, 6.45) is 0. The van der Waals surface area contributed by atoms with E-state index in [-0.39, 0.29) is 5.41 Å². The highest BCUT2D eigenvalue weighted by atomic mass is 32.1. The number of hydrogen-bond acceptors (Lipinski definition) is 2. The summed E-state index contributed by atoms with van der Waals surface area (Å²) >= 11 is 1.88. The molecule has 0 bridgehead atoms. The molecule has 232 valence electrons. The molecule has 2 heteroatoms. The molecule has 0 unspecified atom stereocenters. The highest BCUT2D eigenvalue weighted by Gasteiger charge is 2.37. The second kappa shape index (κ2) is 10.7. The molecule has 8 aromatic carbocycles. The third-order valence-electron chi connectivity index (χ3n) is 10.6. The Balaban J connectivity index is 1.22. The second-order valence-corrected chi connectivity index (χ2v) is 14.9. The van der Waals surface area contributed by atoms with Crippen molar-refractivity contribution in [2.45, 2.75) is 19.3 Å². The Morgan fingerprint density at radius 1 is 0.449 bits per heavy atom. The summed E-state index contributed by atoms with van der Waals surface area (Å²) in [5, 5.41) is 7.69. The predicted octanol–water partition coefficient (Wildman–Crippen LogP) is 13.8. The van der Waals surface area contributed by atoms with Gasteiger partial charge in [-0.1, -0.05) is 123 Å². The molecule has 0 fully saturated rings. The van der Waals surface area contributed by atoms with Gasteiger partial charge in [-0.2, -0.15) is 0 Å². The fraction of sp³-hybridized carbons (Fsp3) is 0.0638. The summed E-state index contributed by atoms with van der Waals surface area (Å²) in [6.45, 7) is 4.72. The Kier molecular flexibility index (Phi) is 6.16. The Hall–Kier alpha value is -5.70. The van der Waals surface area contributed by atoms with E-state index in [0.29, 0.717) is 0 Å². The minimum Gasteiger partial charge on any atom is -0.310 e. The van der Waals surface area contributed by atoms with Crippen LogP contribution in [0.5, 0.6) is 0 Å². The Morgan fingerprint density at radius 3 is 1.96 bits per heavy atom. The van der Waals surface area contributed by atoms with E-state index in [0.717, 1.165) is 11.4 Å². The minimum absolute atomic E-state index is 0.0882. The first-order valence-electron chi connectivity index (χ1n) is 17.0. The van der Waals surface area contributed by atoms with Crippen molar-refractivity contribution in [3.8, 4) is 22.3 Å². The van der Waals surface area contributed by atoms with Gasteiger partial charge in [-0.3, -0.25) is 0 Å². The summed E-state index contributed by atoms with van der Waals surface area (Å²) in [6, 6.07) is 60.8. The molecule has 0 aliphatic heterocycles. The van der Waals surface area contributed by atoms with Gasteiger partial charge in [0.2, 0.25) is 0 Å². The molecule has 1 aromatic heterocycles. The van der Waals surface area contributed by atoms with Crippen LogP contribution in [0.1, 0.15) is 25.0 Å². The van der Waals surface area contributed by atoms with Crippen LogP contribution in [-0.4, -0.2) is 0 Å². The van der Waals surface area contributed by atoms with Gasteiger partial charge in [-0.15, -0.1) is 11.3 Å².